The van der Waals surface area contributed by atoms with Crippen LogP contribution in [-0.2, 0) is 4.74 Å². The zero-order valence-electron chi connectivity index (χ0n) is 14.4. The van der Waals surface area contributed by atoms with Gasteiger partial charge in [0, 0.05) is 41.7 Å². The molecule has 1 aliphatic carbocycles. The Morgan fingerprint density at radius 3 is 2.56 bits per heavy atom. The SMILES string of the molecule is C[C@]12CC[C@@H](O)[C@H](O1)c1cc3c(cc1O2)C(=O)c1cc(O)cc(O)c1C3=O. The van der Waals surface area contributed by atoms with Crippen molar-refractivity contribution in [2.45, 2.75) is 37.8 Å². The van der Waals surface area contributed by atoms with Crippen LogP contribution in [0.1, 0.15) is 63.3 Å². The van der Waals surface area contributed by atoms with Crippen molar-refractivity contribution in [1.82, 2.24) is 0 Å². The maximum Gasteiger partial charge on any atom is 0.208 e. The molecular weight excluding hydrogens is 352 g/mol. The average Bonchev–Trinajstić information content (AvgIpc) is 2.61. The zero-order chi connectivity index (χ0) is 19.1. The molecule has 3 atom stereocenters. The van der Waals surface area contributed by atoms with Crippen molar-refractivity contribution in [3.05, 3.63) is 52.1 Å². The topological polar surface area (TPSA) is 113 Å². The molecule has 0 radical (unpaired) electrons. The Bertz CT molecular complexity index is 1040. The van der Waals surface area contributed by atoms with Gasteiger partial charge in [-0.1, -0.05) is 0 Å². The van der Waals surface area contributed by atoms with E-state index in [1.54, 1.807) is 6.92 Å². The number of benzene rings is 2. The molecule has 2 aliphatic heterocycles. The quantitative estimate of drug-likeness (QED) is 0.557. The molecule has 27 heavy (non-hydrogen) atoms. The molecule has 1 saturated heterocycles. The highest BCUT2D eigenvalue weighted by atomic mass is 16.7. The Kier molecular flexibility index (Phi) is 3.07. The number of phenols is 2. The molecule has 138 valence electrons. The Hall–Kier alpha value is -2.90. The molecule has 3 N–H and O–H groups in total. The minimum Gasteiger partial charge on any atom is -0.508 e. The summed E-state index contributed by atoms with van der Waals surface area (Å²) in [7, 11) is 0. The first-order chi connectivity index (χ1) is 12.8. The summed E-state index contributed by atoms with van der Waals surface area (Å²) in [6, 6.07) is 5.18. The zero-order valence-corrected chi connectivity index (χ0v) is 14.4. The maximum absolute atomic E-state index is 13.0. The fraction of sp³-hybridized carbons (Fsp3) is 0.300. The molecule has 2 bridgehead atoms. The van der Waals surface area contributed by atoms with E-state index in [-0.39, 0.29) is 28.0 Å². The van der Waals surface area contributed by atoms with E-state index in [9.17, 15) is 24.9 Å². The summed E-state index contributed by atoms with van der Waals surface area (Å²) in [4.78, 5) is 25.9. The van der Waals surface area contributed by atoms with Crippen molar-refractivity contribution >= 4 is 11.6 Å². The molecule has 7 nitrogen and oxygen atoms in total. The molecule has 2 heterocycles. The number of aromatic hydroxyl groups is 2. The summed E-state index contributed by atoms with van der Waals surface area (Å²) < 4.78 is 11.8. The van der Waals surface area contributed by atoms with E-state index in [1.807, 2.05) is 0 Å². The summed E-state index contributed by atoms with van der Waals surface area (Å²) in [6.07, 6.45) is -0.409. The summed E-state index contributed by atoms with van der Waals surface area (Å²) in [5, 5.41) is 30.1. The van der Waals surface area contributed by atoms with Gasteiger partial charge in [0.1, 0.15) is 23.4 Å². The molecule has 0 unspecified atom stereocenters. The van der Waals surface area contributed by atoms with Gasteiger partial charge in [-0.15, -0.1) is 0 Å². The van der Waals surface area contributed by atoms with Crippen LogP contribution in [0.4, 0.5) is 0 Å². The van der Waals surface area contributed by atoms with E-state index in [2.05, 4.69) is 0 Å². The molecule has 1 fully saturated rings. The summed E-state index contributed by atoms with van der Waals surface area (Å²) in [5.74, 6) is -2.28. The predicted molar refractivity (Wildman–Crippen MR) is 91.2 cm³/mol. The number of ketones is 2. The van der Waals surface area contributed by atoms with Crippen molar-refractivity contribution in [3.63, 3.8) is 0 Å². The second-order valence-corrected chi connectivity index (χ2v) is 7.36. The lowest BCUT2D eigenvalue weighted by Crippen LogP contribution is -2.48. The maximum atomic E-state index is 13.0. The Labute approximate surface area is 153 Å². The van der Waals surface area contributed by atoms with Gasteiger partial charge in [0.2, 0.25) is 5.79 Å². The lowest BCUT2D eigenvalue weighted by atomic mass is 9.80. The van der Waals surface area contributed by atoms with Gasteiger partial charge in [-0.2, -0.15) is 0 Å². The minimum atomic E-state index is -0.901. The molecule has 0 saturated carbocycles. The second-order valence-electron chi connectivity index (χ2n) is 7.36. The first-order valence-electron chi connectivity index (χ1n) is 8.65. The Morgan fingerprint density at radius 1 is 1.04 bits per heavy atom. The van der Waals surface area contributed by atoms with E-state index in [0.29, 0.717) is 24.2 Å². The van der Waals surface area contributed by atoms with Crippen molar-refractivity contribution in [2.24, 2.45) is 0 Å². The number of aliphatic hydroxyl groups excluding tert-OH is 1. The van der Waals surface area contributed by atoms with Gasteiger partial charge in [-0.25, -0.2) is 0 Å². The first-order valence-corrected chi connectivity index (χ1v) is 8.65. The van der Waals surface area contributed by atoms with Gasteiger partial charge < -0.3 is 24.8 Å². The number of carbonyl (C=O) groups is 2. The molecule has 3 aliphatic rings. The Morgan fingerprint density at radius 2 is 1.78 bits per heavy atom. The van der Waals surface area contributed by atoms with Gasteiger partial charge in [-0.3, -0.25) is 9.59 Å². The van der Waals surface area contributed by atoms with Crippen LogP contribution < -0.4 is 4.74 Å². The monoisotopic (exact) mass is 368 g/mol. The highest BCUT2D eigenvalue weighted by Crippen LogP contribution is 2.48. The molecule has 2 aromatic carbocycles. The van der Waals surface area contributed by atoms with Crippen molar-refractivity contribution in [1.29, 1.82) is 0 Å². The van der Waals surface area contributed by atoms with E-state index in [0.717, 1.165) is 6.07 Å². The van der Waals surface area contributed by atoms with Gasteiger partial charge in [-0.05, 0) is 24.6 Å². The van der Waals surface area contributed by atoms with Crippen LogP contribution in [0.15, 0.2) is 24.3 Å². The third-order valence-corrected chi connectivity index (χ3v) is 5.47. The highest BCUT2D eigenvalue weighted by Gasteiger charge is 2.47. The van der Waals surface area contributed by atoms with E-state index in [4.69, 9.17) is 9.47 Å². The lowest BCUT2D eigenvalue weighted by Gasteiger charge is -2.46. The predicted octanol–water partition coefficient (Wildman–Crippen LogP) is 2.19. The van der Waals surface area contributed by atoms with Crippen LogP contribution in [0.5, 0.6) is 17.2 Å². The third kappa shape index (κ3) is 2.15. The van der Waals surface area contributed by atoms with Crippen LogP contribution in [0, 0.1) is 0 Å². The number of phenolic OH excluding ortho intramolecular Hbond substituents is 2. The third-order valence-electron chi connectivity index (χ3n) is 5.47. The van der Waals surface area contributed by atoms with Crippen LogP contribution in [-0.4, -0.2) is 38.8 Å². The highest BCUT2D eigenvalue weighted by molar-refractivity contribution is 6.29. The molecule has 0 spiro atoms. The normalized spacial score (nSPS) is 28.1. The number of rotatable bonds is 0. The molecule has 7 heteroatoms. The fourth-order valence-corrected chi connectivity index (χ4v) is 4.14. The largest absolute Gasteiger partial charge is 0.508 e. The van der Waals surface area contributed by atoms with E-state index >= 15 is 0 Å². The molecule has 0 aromatic heterocycles. The summed E-state index contributed by atoms with van der Waals surface area (Å²) in [6.45, 7) is 1.77. The van der Waals surface area contributed by atoms with Crippen LogP contribution in [0.2, 0.25) is 0 Å². The van der Waals surface area contributed by atoms with Crippen LogP contribution >= 0.6 is 0 Å². The smallest absolute Gasteiger partial charge is 0.208 e. The molecular formula is C20H16O7. The first kappa shape index (κ1) is 16.3. The van der Waals surface area contributed by atoms with Crippen molar-refractivity contribution in [2.75, 3.05) is 0 Å². The lowest BCUT2D eigenvalue weighted by molar-refractivity contribution is -0.269. The van der Waals surface area contributed by atoms with Crippen molar-refractivity contribution in [3.8, 4) is 17.2 Å². The molecule has 2 aromatic rings. The Balaban J connectivity index is 1.73. The number of hydrogen-bond donors (Lipinski definition) is 3. The number of carbonyl (C=O) groups excluding carboxylic acids is 2. The van der Waals surface area contributed by atoms with Crippen LogP contribution in [0.3, 0.4) is 0 Å². The number of fused-ring (bicyclic) bond motifs is 6. The van der Waals surface area contributed by atoms with E-state index < -0.39 is 35.3 Å². The summed E-state index contributed by atoms with van der Waals surface area (Å²) in [5.41, 5.74) is 0.553. The van der Waals surface area contributed by atoms with Crippen molar-refractivity contribution < 1.29 is 34.4 Å². The summed E-state index contributed by atoms with van der Waals surface area (Å²) >= 11 is 0. The number of ether oxygens (including phenoxy) is 2. The average molecular weight is 368 g/mol. The van der Waals surface area contributed by atoms with Gasteiger partial charge >= 0.3 is 0 Å². The standard InChI is InChI=1S/C20H16O7/c1-20-3-2-13(22)19(27-20)11-6-9-10(7-15(11)26-20)17(24)12-4-8(21)5-14(23)16(12)18(9)25/h4-7,13,19,21-23H,2-3H2,1H3/t13-,19-,20-/m1/s1. The number of aliphatic hydroxyl groups is 1. The fourth-order valence-electron chi connectivity index (χ4n) is 4.14. The minimum absolute atomic E-state index is 0.0524. The molecule has 5 rings (SSSR count). The van der Waals surface area contributed by atoms with Gasteiger partial charge in [0.05, 0.1) is 11.7 Å². The van der Waals surface area contributed by atoms with Gasteiger partial charge in [0.15, 0.2) is 11.6 Å². The molecule has 0 amide bonds. The van der Waals surface area contributed by atoms with Gasteiger partial charge in [0.25, 0.3) is 0 Å². The van der Waals surface area contributed by atoms with E-state index in [1.165, 1.54) is 18.2 Å². The van der Waals surface area contributed by atoms with Crippen LogP contribution in [0.25, 0.3) is 0 Å². The number of hydrogen-bond acceptors (Lipinski definition) is 7. The second kappa shape index (κ2) is 5.09.